The van der Waals surface area contributed by atoms with Crippen LogP contribution in [0.3, 0.4) is 0 Å². The number of hydrogen-bond donors (Lipinski definition) is 1. The molecule has 1 aromatic rings. The van der Waals surface area contributed by atoms with Gasteiger partial charge >= 0.3 is 0 Å². The van der Waals surface area contributed by atoms with Gasteiger partial charge in [0.05, 0.1) is 0 Å². The molecule has 0 bridgehead atoms. The lowest BCUT2D eigenvalue weighted by Crippen LogP contribution is -2.55. The summed E-state index contributed by atoms with van der Waals surface area (Å²) in [4.78, 5) is 1.91. The Morgan fingerprint density at radius 3 is 2.44 bits per heavy atom. The second kappa shape index (κ2) is 5.18. The van der Waals surface area contributed by atoms with Gasteiger partial charge < -0.3 is 10.2 Å². The van der Waals surface area contributed by atoms with Gasteiger partial charge in [-0.05, 0) is 13.3 Å². The second-order valence-electron chi connectivity index (χ2n) is 4.74. The molecule has 18 heavy (non-hydrogen) atoms. The van der Waals surface area contributed by atoms with Crippen molar-refractivity contribution in [3.63, 3.8) is 0 Å². The highest BCUT2D eigenvalue weighted by Gasteiger charge is 2.25. The number of nitrogens with zero attached hydrogens (tertiary/aromatic N) is 1. The number of benzene rings is 1. The third-order valence-corrected chi connectivity index (χ3v) is 3.44. The van der Waals surface area contributed by atoms with Crippen molar-refractivity contribution in [1.29, 1.82) is 0 Å². The van der Waals surface area contributed by atoms with Gasteiger partial charge in [-0.15, -0.1) is 0 Å². The van der Waals surface area contributed by atoms with E-state index in [0.717, 1.165) is 25.1 Å². The smallest absolute Gasteiger partial charge is 0.194 e. The number of rotatable bonds is 2. The summed E-state index contributed by atoms with van der Waals surface area (Å²) < 4.78 is 39.4. The Morgan fingerprint density at radius 2 is 1.89 bits per heavy atom. The van der Waals surface area contributed by atoms with Crippen molar-refractivity contribution in [3.8, 4) is 0 Å². The van der Waals surface area contributed by atoms with Crippen LogP contribution >= 0.6 is 0 Å². The summed E-state index contributed by atoms with van der Waals surface area (Å²) in [6.45, 7) is 5.44. The lowest BCUT2D eigenvalue weighted by Gasteiger charge is -2.40. The van der Waals surface area contributed by atoms with Crippen LogP contribution in [0.4, 0.5) is 18.9 Å². The van der Waals surface area contributed by atoms with Gasteiger partial charge in [0, 0.05) is 43.0 Å². The molecule has 0 aliphatic carbocycles. The summed E-state index contributed by atoms with van der Waals surface area (Å²) in [6, 6.07) is 2.54. The van der Waals surface area contributed by atoms with Gasteiger partial charge in [-0.2, -0.15) is 0 Å². The maximum absolute atomic E-state index is 13.2. The van der Waals surface area contributed by atoms with E-state index in [0.29, 0.717) is 12.2 Å². The second-order valence-corrected chi connectivity index (χ2v) is 4.74. The summed E-state index contributed by atoms with van der Waals surface area (Å²) in [6.07, 6.45) is 0.940. The van der Waals surface area contributed by atoms with Crippen molar-refractivity contribution >= 4 is 5.69 Å². The Bertz CT molecular complexity index is 413. The minimum absolute atomic E-state index is 0.122. The predicted octanol–water partition coefficient (Wildman–Crippen LogP) is 2.68. The molecule has 1 aliphatic heterocycles. The van der Waals surface area contributed by atoms with Crippen LogP contribution in [-0.4, -0.2) is 25.2 Å². The molecular weight excluding hydrogens is 241 g/mol. The fourth-order valence-corrected chi connectivity index (χ4v) is 2.27. The summed E-state index contributed by atoms with van der Waals surface area (Å²) in [7, 11) is 0. The minimum Gasteiger partial charge on any atom is -0.366 e. The molecule has 0 saturated carbocycles. The first kappa shape index (κ1) is 13.2. The molecule has 0 amide bonds. The van der Waals surface area contributed by atoms with Crippen LogP contribution < -0.4 is 10.2 Å². The van der Waals surface area contributed by atoms with Crippen LogP contribution in [-0.2, 0) is 0 Å². The van der Waals surface area contributed by atoms with Gasteiger partial charge in [0.1, 0.15) is 0 Å². The summed E-state index contributed by atoms with van der Waals surface area (Å²) in [5, 5.41) is 3.36. The Balaban J connectivity index is 2.29. The highest BCUT2D eigenvalue weighted by atomic mass is 19.2. The number of hydrogen-bond acceptors (Lipinski definition) is 2. The minimum atomic E-state index is -1.41. The normalized spacial score (nSPS) is 24.4. The Labute approximate surface area is 105 Å². The van der Waals surface area contributed by atoms with E-state index in [1.165, 1.54) is 0 Å². The molecule has 2 atom stereocenters. The van der Waals surface area contributed by atoms with E-state index >= 15 is 0 Å². The molecular formula is C13H17F3N2. The van der Waals surface area contributed by atoms with Crippen LogP contribution in [0.2, 0.25) is 0 Å². The van der Waals surface area contributed by atoms with E-state index in [1.807, 2.05) is 11.8 Å². The first-order valence-electron chi connectivity index (χ1n) is 6.17. The van der Waals surface area contributed by atoms with Crippen LogP contribution in [0, 0.1) is 17.5 Å². The Kier molecular flexibility index (Phi) is 3.80. The number of anilines is 1. The van der Waals surface area contributed by atoms with Crippen LogP contribution in [0.15, 0.2) is 12.1 Å². The molecule has 2 unspecified atom stereocenters. The Morgan fingerprint density at radius 1 is 1.28 bits per heavy atom. The monoisotopic (exact) mass is 258 g/mol. The van der Waals surface area contributed by atoms with Crippen molar-refractivity contribution in [1.82, 2.24) is 5.32 Å². The van der Waals surface area contributed by atoms with Gasteiger partial charge in [0.25, 0.3) is 0 Å². The highest BCUT2D eigenvalue weighted by Crippen LogP contribution is 2.24. The third kappa shape index (κ3) is 2.46. The van der Waals surface area contributed by atoms with E-state index in [9.17, 15) is 13.2 Å². The van der Waals surface area contributed by atoms with Gasteiger partial charge in [0.15, 0.2) is 17.5 Å². The van der Waals surface area contributed by atoms with E-state index < -0.39 is 17.5 Å². The zero-order chi connectivity index (χ0) is 13.3. The topological polar surface area (TPSA) is 15.3 Å². The van der Waals surface area contributed by atoms with Gasteiger partial charge in [-0.3, -0.25) is 0 Å². The molecule has 100 valence electrons. The molecule has 1 N–H and O–H groups in total. The average molecular weight is 258 g/mol. The van der Waals surface area contributed by atoms with Crippen LogP contribution in [0.25, 0.3) is 0 Å². The molecule has 0 aromatic heterocycles. The standard InChI is InChI=1S/C13H17F3N2/c1-3-9-7-18(8(2)6-17-9)10-4-11(14)13(16)12(15)5-10/h4-5,8-9,17H,3,6-7H2,1-2H3. The predicted molar refractivity (Wildman–Crippen MR) is 65.2 cm³/mol. The molecule has 2 nitrogen and oxygen atoms in total. The van der Waals surface area contributed by atoms with Crippen molar-refractivity contribution < 1.29 is 13.2 Å². The van der Waals surface area contributed by atoms with Gasteiger partial charge in [0.2, 0.25) is 0 Å². The number of piperazine rings is 1. The lowest BCUT2D eigenvalue weighted by molar-refractivity contribution is 0.394. The van der Waals surface area contributed by atoms with Crippen molar-refractivity contribution in [2.24, 2.45) is 0 Å². The van der Waals surface area contributed by atoms with Gasteiger partial charge in [-0.25, -0.2) is 13.2 Å². The third-order valence-electron chi connectivity index (χ3n) is 3.44. The van der Waals surface area contributed by atoms with Gasteiger partial charge in [-0.1, -0.05) is 6.92 Å². The van der Waals surface area contributed by atoms with Crippen LogP contribution in [0.5, 0.6) is 0 Å². The maximum atomic E-state index is 13.2. The molecule has 1 saturated heterocycles. The SMILES string of the molecule is CCC1CN(c2cc(F)c(F)c(F)c2)C(C)CN1. The van der Waals surface area contributed by atoms with Crippen LogP contribution in [0.1, 0.15) is 20.3 Å². The van der Waals surface area contributed by atoms with E-state index in [-0.39, 0.29) is 12.1 Å². The largest absolute Gasteiger partial charge is 0.366 e. The highest BCUT2D eigenvalue weighted by molar-refractivity contribution is 5.49. The number of nitrogens with one attached hydrogen (secondary N) is 1. The van der Waals surface area contributed by atoms with E-state index in [2.05, 4.69) is 12.2 Å². The quantitative estimate of drug-likeness (QED) is 0.820. The van der Waals surface area contributed by atoms with E-state index in [4.69, 9.17) is 0 Å². The molecule has 0 radical (unpaired) electrons. The Hall–Kier alpha value is -1.23. The zero-order valence-electron chi connectivity index (χ0n) is 10.5. The first-order valence-corrected chi connectivity index (χ1v) is 6.17. The average Bonchev–Trinajstić information content (AvgIpc) is 2.36. The molecule has 1 fully saturated rings. The molecule has 2 rings (SSSR count). The fraction of sp³-hybridized carbons (Fsp3) is 0.538. The van der Waals surface area contributed by atoms with Crippen molar-refractivity contribution in [2.45, 2.75) is 32.4 Å². The first-order chi connectivity index (χ1) is 8.52. The lowest BCUT2D eigenvalue weighted by atomic mass is 10.1. The summed E-state index contributed by atoms with van der Waals surface area (Å²) >= 11 is 0. The molecule has 1 aliphatic rings. The fourth-order valence-electron chi connectivity index (χ4n) is 2.27. The van der Waals surface area contributed by atoms with E-state index in [1.54, 1.807) is 0 Å². The molecule has 0 spiro atoms. The summed E-state index contributed by atoms with van der Waals surface area (Å²) in [5.41, 5.74) is 0.402. The van der Waals surface area contributed by atoms with Crippen molar-refractivity contribution in [3.05, 3.63) is 29.6 Å². The van der Waals surface area contributed by atoms with Crippen molar-refractivity contribution in [2.75, 3.05) is 18.0 Å². The molecule has 1 heterocycles. The molecule has 1 aromatic carbocycles. The summed E-state index contributed by atoms with van der Waals surface area (Å²) in [5.74, 6) is -3.68. The number of halogens is 3. The zero-order valence-corrected chi connectivity index (χ0v) is 10.5. The maximum Gasteiger partial charge on any atom is 0.194 e. The molecule has 5 heteroatoms.